The van der Waals surface area contributed by atoms with Gasteiger partial charge in [0.1, 0.15) is 39.3 Å². The summed E-state index contributed by atoms with van der Waals surface area (Å²) in [5.41, 5.74) is 9.88. The van der Waals surface area contributed by atoms with E-state index in [0.29, 0.717) is 25.7 Å². The van der Waals surface area contributed by atoms with Gasteiger partial charge >= 0.3 is 0 Å². The molecule has 0 saturated carbocycles. The average molecular weight is 1540 g/mol. The number of benzene rings is 5. The first-order valence-corrected chi connectivity index (χ1v) is 40.8. The van der Waals surface area contributed by atoms with Gasteiger partial charge in [-0.25, -0.2) is 24.9 Å². The van der Waals surface area contributed by atoms with Crippen molar-refractivity contribution < 1.29 is 0 Å². The summed E-state index contributed by atoms with van der Waals surface area (Å²) in [6, 6.07) is 52.1. The molecule has 10 heterocycles. The van der Waals surface area contributed by atoms with Crippen LogP contribution in [0.4, 0.5) is 91.2 Å². The highest BCUT2D eigenvalue weighted by Gasteiger charge is 2.15. The van der Waals surface area contributed by atoms with Gasteiger partial charge in [0, 0.05) is 68.7 Å². The minimum absolute atomic E-state index is 0.610. The number of unbranched alkanes of at least 4 members (excludes halogenated alkanes) is 1. The zero-order valence-corrected chi connectivity index (χ0v) is 64.8. The van der Waals surface area contributed by atoms with E-state index in [4.69, 9.17) is 0 Å². The standard InChI is InChI=1S/C30H29N9S4.C22H19N7S3.C20H19N7S2/c1-4-7-8-19-9-11-20(12-10-19)33-35-25-17-23-28(42-25)32-30(41-23)38-36-26-18-24-27(43-26)31-29(40-24)37-34-21-13-15-22(16-14-21)39(5-2)6-3;1-3-29(4-2)15-11-9-14(10-12-15)25-27-22-24-20-18(31-22)13-19(32-20)26-28-21-23-16-7-5-6-8-17(16)30-21;1-3-27(4-2)16-7-5-14(6-8-16)24-26-20-22-19-17(28-20)13-18(29-19)25-23-15-9-11-21-12-10-15/h9-18H,4-8H2,1-3H3;5-13H,3-4H2,1-2H3;5-13H,3-4H2,1-2H3. The summed E-state index contributed by atoms with van der Waals surface area (Å²) in [5.74, 6) is 0. The number of thiazole rings is 5. The summed E-state index contributed by atoms with van der Waals surface area (Å²) in [7, 11) is 0. The van der Waals surface area contributed by atoms with Gasteiger partial charge < -0.3 is 14.7 Å². The SMILES string of the molecule is CCCCc1ccc(N=Nc2cc3sc(N=Nc4cc5sc(N=Nc6ccc(N(CC)CC)cc6)nc5s4)nc3s2)cc1.CCN(CC)c1ccc(N=Nc2nc3sc(N=Nc4ccncc4)cc3s2)cc1.CCN(CC)c1ccc(N=Nc2nc3sc(N=Nc4nc5ccccc5s4)cc3s2)cc1. The molecule has 0 amide bonds. The Bertz CT molecular complexity index is 5330. The molecule has 0 aliphatic rings. The van der Waals surface area contributed by atoms with Gasteiger partial charge in [-0.3, -0.25) is 4.98 Å². The van der Waals surface area contributed by atoms with Gasteiger partial charge in [0.15, 0.2) is 0 Å². The van der Waals surface area contributed by atoms with Crippen LogP contribution in [0, 0.1) is 0 Å². The molecule has 5 aromatic carbocycles. The number of fused-ring (bicyclic) bond motifs is 5. The minimum Gasteiger partial charge on any atom is -0.372 e. The van der Waals surface area contributed by atoms with Crippen LogP contribution in [-0.2, 0) is 6.42 Å². The van der Waals surface area contributed by atoms with Gasteiger partial charge in [-0.2, -0.15) is 0 Å². The van der Waals surface area contributed by atoms with Crippen LogP contribution in [0.1, 0.15) is 66.9 Å². The predicted molar refractivity (Wildman–Crippen MR) is 438 cm³/mol. The zero-order valence-electron chi connectivity index (χ0n) is 57.5. The van der Waals surface area contributed by atoms with Crippen LogP contribution in [0.5, 0.6) is 0 Å². The number of para-hydroxylation sites is 1. The maximum atomic E-state index is 4.61. The largest absolute Gasteiger partial charge is 0.372 e. The van der Waals surface area contributed by atoms with Gasteiger partial charge in [-0.05, 0) is 193 Å². The summed E-state index contributed by atoms with van der Waals surface area (Å²) in [5, 5.41) is 67.0. The lowest BCUT2D eigenvalue weighted by Gasteiger charge is -2.20. The molecule has 0 unspecified atom stereocenters. The molecule has 0 N–H and O–H groups in total. The molecule has 0 aliphatic carbocycles. The number of aryl methyl sites for hydroxylation is 1. The maximum Gasteiger partial charge on any atom is 0.231 e. The molecule has 0 bridgehead atoms. The quantitative estimate of drug-likeness (QED) is 0.0466. The van der Waals surface area contributed by atoms with E-state index >= 15 is 0 Å². The van der Waals surface area contributed by atoms with Crippen LogP contribution in [0.25, 0.3) is 48.3 Å². The molecule has 15 rings (SSSR count). The number of thiophene rings is 4. The lowest BCUT2D eigenvalue weighted by molar-refractivity contribution is 0.795. The summed E-state index contributed by atoms with van der Waals surface area (Å²) >= 11 is 13.4. The molecule has 0 radical (unpaired) electrons. The van der Waals surface area contributed by atoms with Crippen molar-refractivity contribution in [3.8, 4) is 0 Å². The molecule has 104 heavy (non-hydrogen) atoms. The maximum absolute atomic E-state index is 4.61. The highest BCUT2D eigenvalue weighted by atomic mass is 32.1. The monoisotopic (exact) mass is 1540 g/mol. The second-order valence-corrected chi connectivity index (χ2v) is 31.5. The van der Waals surface area contributed by atoms with E-state index < -0.39 is 0 Å². The van der Waals surface area contributed by atoms with Crippen LogP contribution < -0.4 is 14.7 Å². The van der Waals surface area contributed by atoms with Gasteiger partial charge in [0.05, 0.1) is 57.5 Å². The summed E-state index contributed by atoms with van der Waals surface area (Å²) in [6.45, 7) is 21.0. The molecule has 10 aromatic heterocycles. The second-order valence-electron chi connectivity index (χ2n) is 22.4. The number of hydrogen-bond acceptors (Lipinski definition) is 32. The van der Waals surface area contributed by atoms with Crippen molar-refractivity contribution in [1.82, 2.24) is 29.9 Å². The molecule has 0 saturated heterocycles. The van der Waals surface area contributed by atoms with Gasteiger partial charge in [0.25, 0.3) is 0 Å². The first-order valence-electron chi connectivity index (χ1n) is 33.5. The molecule has 0 fully saturated rings. The number of pyridine rings is 1. The number of rotatable bonds is 26. The Balaban J connectivity index is 0.000000142. The van der Waals surface area contributed by atoms with E-state index in [2.05, 4.69) is 213 Å². The highest BCUT2D eigenvalue weighted by molar-refractivity contribution is 7.32. The molecular formula is C72H67N23S9. The first-order chi connectivity index (χ1) is 51.1. The molecule has 15 aromatic rings. The molecule has 32 heteroatoms. The highest BCUT2D eigenvalue weighted by Crippen LogP contribution is 2.44. The van der Waals surface area contributed by atoms with Crippen molar-refractivity contribution in [3.63, 3.8) is 0 Å². The third-order valence-corrected chi connectivity index (χ3v) is 24.3. The first kappa shape index (κ1) is 72.5. The van der Waals surface area contributed by atoms with Crippen LogP contribution in [0.2, 0.25) is 0 Å². The van der Waals surface area contributed by atoms with Crippen LogP contribution in [0.3, 0.4) is 0 Å². The number of nitrogens with zero attached hydrogens (tertiary/aromatic N) is 23. The molecule has 524 valence electrons. The molecular weight excluding hydrogens is 1480 g/mol. The molecule has 23 nitrogen and oxygen atoms in total. The third kappa shape index (κ3) is 19.1. The van der Waals surface area contributed by atoms with Gasteiger partial charge in [-0.15, -0.1) is 71.6 Å². The van der Waals surface area contributed by atoms with Crippen LogP contribution in [-0.4, -0.2) is 69.2 Å². The smallest absolute Gasteiger partial charge is 0.231 e. The normalized spacial score (nSPS) is 12.1. The van der Waals surface area contributed by atoms with Crippen LogP contribution in [0.15, 0.2) is 242 Å². The van der Waals surface area contributed by atoms with E-state index in [1.807, 2.05) is 109 Å². The molecule has 0 atom stereocenters. The minimum atomic E-state index is 0.610. The molecule has 0 spiro atoms. The summed E-state index contributed by atoms with van der Waals surface area (Å²) < 4.78 is 5.20. The fraction of sp³-hybridized carbons (Fsp3) is 0.222. The number of azo groups is 7. The number of aromatic nitrogens is 6. The third-order valence-electron chi connectivity index (χ3n) is 15.6. The Morgan fingerprint density at radius 2 is 0.587 bits per heavy atom. The van der Waals surface area contributed by atoms with Crippen molar-refractivity contribution in [1.29, 1.82) is 0 Å². The van der Waals surface area contributed by atoms with Crippen molar-refractivity contribution in [2.45, 2.75) is 67.7 Å². The van der Waals surface area contributed by atoms with Crippen molar-refractivity contribution in [2.75, 3.05) is 54.0 Å². The summed E-state index contributed by atoms with van der Waals surface area (Å²) in [4.78, 5) is 37.2. The Labute approximate surface area is 635 Å². The average Bonchev–Trinajstić information content (AvgIpc) is 1.67. The lowest BCUT2D eigenvalue weighted by atomic mass is 10.1. The number of anilines is 3. The van der Waals surface area contributed by atoms with E-state index in [1.165, 1.54) is 137 Å². The number of hydrogen-bond donors (Lipinski definition) is 0. The van der Waals surface area contributed by atoms with Crippen LogP contribution >= 0.6 is 102 Å². The van der Waals surface area contributed by atoms with Crippen molar-refractivity contribution >= 4 is 242 Å². The Morgan fingerprint density at radius 1 is 0.288 bits per heavy atom. The van der Waals surface area contributed by atoms with Crippen molar-refractivity contribution in [3.05, 3.63) is 176 Å². The Morgan fingerprint density at radius 3 is 0.923 bits per heavy atom. The van der Waals surface area contributed by atoms with E-state index in [-0.39, 0.29) is 0 Å². The van der Waals surface area contributed by atoms with E-state index in [1.54, 1.807) is 12.4 Å². The zero-order chi connectivity index (χ0) is 71.6. The second kappa shape index (κ2) is 35.5. The molecule has 0 aliphatic heterocycles. The van der Waals surface area contributed by atoms with Crippen molar-refractivity contribution in [2.24, 2.45) is 71.6 Å². The Kier molecular flexibility index (Phi) is 24.7. The lowest BCUT2D eigenvalue weighted by Crippen LogP contribution is -2.21. The van der Waals surface area contributed by atoms with E-state index in [9.17, 15) is 0 Å². The van der Waals surface area contributed by atoms with E-state index in [0.717, 1.165) is 142 Å². The fourth-order valence-electron chi connectivity index (χ4n) is 10.3. The Hall–Kier alpha value is -9.90. The predicted octanol–water partition coefficient (Wildman–Crippen LogP) is 28.5. The van der Waals surface area contributed by atoms with Gasteiger partial charge in [-0.1, -0.05) is 140 Å². The van der Waals surface area contributed by atoms with Gasteiger partial charge in [0.2, 0.25) is 25.7 Å². The topological polar surface area (TPSA) is 260 Å². The fourth-order valence-corrected chi connectivity index (χ4v) is 18.5. The summed E-state index contributed by atoms with van der Waals surface area (Å²) in [6.07, 6.45) is 6.88.